The third kappa shape index (κ3) is 5.08. The number of amides is 1. The summed E-state index contributed by atoms with van der Waals surface area (Å²) in [6, 6.07) is 10.2. The number of ether oxygens (including phenoxy) is 1. The number of hydrogen-bond acceptors (Lipinski definition) is 4. The molecule has 5 heteroatoms. The van der Waals surface area contributed by atoms with E-state index < -0.39 is 0 Å². The van der Waals surface area contributed by atoms with Crippen molar-refractivity contribution in [1.29, 1.82) is 0 Å². The molecule has 25 heavy (non-hydrogen) atoms. The van der Waals surface area contributed by atoms with Gasteiger partial charge in [-0.3, -0.25) is 4.79 Å². The average Bonchev–Trinajstić information content (AvgIpc) is 3.15. The number of esters is 1. The number of carbonyl (C=O) groups excluding carboxylic acids is 2. The first-order valence-corrected chi connectivity index (χ1v) is 8.54. The Hall–Kier alpha value is -2.82. The molecule has 0 bridgehead atoms. The Morgan fingerprint density at radius 1 is 1.08 bits per heavy atom. The zero-order valence-electron chi connectivity index (χ0n) is 13.9. The fourth-order valence-corrected chi connectivity index (χ4v) is 2.82. The van der Waals surface area contributed by atoms with Crippen LogP contribution in [0.2, 0.25) is 0 Å². The minimum atomic E-state index is -0.303. The summed E-state index contributed by atoms with van der Waals surface area (Å²) >= 11 is 0. The number of hydrogen-bond donors (Lipinski definition) is 1. The Balaban J connectivity index is 1.52. The van der Waals surface area contributed by atoms with E-state index in [9.17, 15) is 9.59 Å². The lowest BCUT2D eigenvalue weighted by Gasteiger charge is -2.21. The molecule has 5 nitrogen and oxygen atoms in total. The van der Waals surface area contributed by atoms with Crippen LogP contribution in [0.15, 0.2) is 53.2 Å². The molecule has 1 aromatic carbocycles. The van der Waals surface area contributed by atoms with Gasteiger partial charge in [0.05, 0.1) is 11.8 Å². The Kier molecular flexibility index (Phi) is 5.67. The largest absolute Gasteiger partial charge is 0.465 e. The number of anilines is 1. The van der Waals surface area contributed by atoms with E-state index in [4.69, 9.17) is 9.15 Å². The molecule has 2 aromatic rings. The molecule has 0 saturated heterocycles. The molecule has 1 aromatic heterocycles. The Labute approximate surface area is 146 Å². The molecule has 0 radical (unpaired) electrons. The van der Waals surface area contributed by atoms with Crippen LogP contribution in [0.1, 0.15) is 48.2 Å². The minimum Gasteiger partial charge on any atom is -0.465 e. The smallest absolute Gasteiger partial charge is 0.338 e. The standard InChI is InChI=1S/C20H21NO4/c22-19(13-12-17-7-4-14-24-17)21-16-10-8-15(9-11-16)20(23)25-18-5-2-1-3-6-18/h4,7-14,18H,1-3,5-6H2,(H,21,22)/b13-12+. The summed E-state index contributed by atoms with van der Waals surface area (Å²) < 4.78 is 10.7. The molecule has 1 amide bonds. The molecule has 1 N–H and O–H groups in total. The van der Waals surface area contributed by atoms with Crippen molar-refractivity contribution in [3.8, 4) is 0 Å². The van der Waals surface area contributed by atoms with Gasteiger partial charge in [0.2, 0.25) is 5.91 Å². The molecule has 1 heterocycles. The van der Waals surface area contributed by atoms with Gasteiger partial charge in [0, 0.05) is 11.8 Å². The van der Waals surface area contributed by atoms with Crippen molar-refractivity contribution < 1.29 is 18.7 Å². The molecule has 1 fully saturated rings. The second-order valence-electron chi connectivity index (χ2n) is 6.08. The molecule has 130 valence electrons. The molecule has 0 atom stereocenters. The summed E-state index contributed by atoms with van der Waals surface area (Å²) in [5.74, 6) is 0.0346. The summed E-state index contributed by atoms with van der Waals surface area (Å²) in [4.78, 5) is 24.0. The molecule has 1 aliphatic rings. The predicted octanol–water partition coefficient (Wildman–Crippen LogP) is 4.42. The Morgan fingerprint density at radius 3 is 2.52 bits per heavy atom. The number of benzene rings is 1. The van der Waals surface area contributed by atoms with Crippen LogP contribution in [0.5, 0.6) is 0 Å². The Morgan fingerprint density at radius 2 is 1.84 bits per heavy atom. The van der Waals surface area contributed by atoms with E-state index in [1.165, 1.54) is 12.5 Å². The van der Waals surface area contributed by atoms with Crippen LogP contribution in [0, 0.1) is 0 Å². The molecular formula is C20H21NO4. The van der Waals surface area contributed by atoms with Crippen LogP contribution in [0.3, 0.4) is 0 Å². The van der Waals surface area contributed by atoms with E-state index in [0.29, 0.717) is 17.0 Å². The van der Waals surface area contributed by atoms with Gasteiger partial charge in [0.25, 0.3) is 0 Å². The van der Waals surface area contributed by atoms with Crippen LogP contribution in [-0.4, -0.2) is 18.0 Å². The van der Waals surface area contributed by atoms with Crippen molar-refractivity contribution in [3.05, 3.63) is 60.1 Å². The normalized spacial score (nSPS) is 15.2. The lowest BCUT2D eigenvalue weighted by atomic mass is 9.98. The highest BCUT2D eigenvalue weighted by Crippen LogP contribution is 2.21. The monoisotopic (exact) mass is 339 g/mol. The highest BCUT2D eigenvalue weighted by molar-refractivity contribution is 6.02. The Bertz CT molecular complexity index is 726. The molecule has 0 spiro atoms. The van der Waals surface area contributed by atoms with Crippen LogP contribution in [0.25, 0.3) is 6.08 Å². The van der Waals surface area contributed by atoms with Crippen molar-refractivity contribution in [2.75, 3.05) is 5.32 Å². The van der Waals surface area contributed by atoms with Gasteiger partial charge in [0.1, 0.15) is 11.9 Å². The van der Waals surface area contributed by atoms with Gasteiger partial charge in [-0.25, -0.2) is 4.79 Å². The van der Waals surface area contributed by atoms with E-state index in [-0.39, 0.29) is 18.0 Å². The third-order valence-electron chi connectivity index (χ3n) is 4.16. The zero-order chi connectivity index (χ0) is 17.5. The van der Waals surface area contributed by atoms with Gasteiger partial charge in [-0.05, 0) is 68.2 Å². The van der Waals surface area contributed by atoms with Gasteiger partial charge >= 0.3 is 5.97 Å². The first kappa shape index (κ1) is 17.0. The summed E-state index contributed by atoms with van der Waals surface area (Å²) in [6.45, 7) is 0. The van der Waals surface area contributed by atoms with Crippen molar-refractivity contribution in [3.63, 3.8) is 0 Å². The van der Waals surface area contributed by atoms with Gasteiger partial charge in [-0.1, -0.05) is 6.42 Å². The maximum Gasteiger partial charge on any atom is 0.338 e. The molecule has 1 saturated carbocycles. The van der Waals surface area contributed by atoms with E-state index in [1.54, 1.807) is 48.7 Å². The lowest BCUT2D eigenvalue weighted by Crippen LogP contribution is -2.20. The van der Waals surface area contributed by atoms with Crippen LogP contribution in [0.4, 0.5) is 5.69 Å². The fraction of sp³-hybridized carbons (Fsp3) is 0.300. The second-order valence-corrected chi connectivity index (χ2v) is 6.08. The SMILES string of the molecule is O=C(/C=C/c1ccco1)Nc1ccc(C(=O)OC2CCCCC2)cc1. The van der Waals surface area contributed by atoms with E-state index >= 15 is 0 Å². The first-order chi connectivity index (χ1) is 12.2. The van der Waals surface area contributed by atoms with Gasteiger partial charge in [0.15, 0.2) is 0 Å². The van der Waals surface area contributed by atoms with E-state index in [0.717, 1.165) is 25.7 Å². The highest BCUT2D eigenvalue weighted by atomic mass is 16.5. The minimum absolute atomic E-state index is 0.0346. The zero-order valence-corrected chi connectivity index (χ0v) is 13.9. The van der Waals surface area contributed by atoms with E-state index in [2.05, 4.69) is 5.32 Å². The lowest BCUT2D eigenvalue weighted by molar-refractivity contribution is -0.111. The van der Waals surface area contributed by atoms with Crippen LogP contribution < -0.4 is 5.32 Å². The quantitative estimate of drug-likeness (QED) is 0.647. The number of carbonyl (C=O) groups is 2. The summed E-state index contributed by atoms with van der Waals surface area (Å²) in [5, 5.41) is 2.73. The van der Waals surface area contributed by atoms with Crippen molar-refractivity contribution in [1.82, 2.24) is 0 Å². The summed E-state index contributed by atoms with van der Waals surface area (Å²) in [7, 11) is 0. The summed E-state index contributed by atoms with van der Waals surface area (Å²) in [5.41, 5.74) is 1.11. The number of nitrogens with one attached hydrogen (secondary N) is 1. The van der Waals surface area contributed by atoms with Crippen molar-refractivity contribution in [2.24, 2.45) is 0 Å². The maximum atomic E-state index is 12.1. The molecule has 0 unspecified atom stereocenters. The predicted molar refractivity (Wildman–Crippen MR) is 95.1 cm³/mol. The van der Waals surface area contributed by atoms with Gasteiger partial charge < -0.3 is 14.5 Å². The second kappa shape index (κ2) is 8.33. The first-order valence-electron chi connectivity index (χ1n) is 8.54. The van der Waals surface area contributed by atoms with Crippen molar-refractivity contribution >= 4 is 23.6 Å². The molecule has 0 aliphatic heterocycles. The van der Waals surface area contributed by atoms with Crippen LogP contribution in [-0.2, 0) is 9.53 Å². The van der Waals surface area contributed by atoms with E-state index in [1.807, 2.05) is 0 Å². The summed E-state index contributed by atoms with van der Waals surface area (Å²) in [6.07, 6.45) is 9.91. The average molecular weight is 339 g/mol. The fourth-order valence-electron chi connectivity index (χ4n) is 2.82. The topological polar surface area (TPSA) is 68.5 Å². The molecule has 3 rings (SSSR count). The van der Waals surface area contributed by atoms with Crippen molar-refractivity contribution in [2.45, 2.75) is 38.2 Å². The molecule has 1 aliphatic carbocycles. The van der Waals surface area contributed by atoms with Gasteiger partial charge in [-0.2, -0.15) is 0 Å². The molecular weight excluding hydrogens is 318 g/mol. The number of rotatable bonds is 5. The third-order valence-corrected chi connectivity index (χ3v) is 4.16. The number of furan rings is 1. The van der Waals surface area contributed by atoms with Gasteiger partial charge in [-0.15, -0.1) is 0 Å². The highest BCUT2D eigenvalue weighted by Gasteiger charge is 2.18. The van der Waals surface area contributed by atoms with Crippen LogP contribution >= 0.6 is 0 Å². The maximum absolute atomic E-state index is 12.1.